The van der Waals surface area contributed by atoms with Gasteiger partial charge in [-0.1, -0.05) is 37.8 Å². The highest BCUT2D eigenvalue weighted by molar-refractivity contribution is 6.57. The maximum absolute atomic E-state index is 8.48. The molecule has 3 fully saturated rings. The molecule has 2 bridgehead atoms. The highest BCUT2D eigenvalue weighted by atomic mass is 16.4. The molecule has 16 heavy (non-hydrogen) atoms. The summed E-state index contributed by atoms with van der Waals surface area (Å²) in [5, 5.41) is 0. The van der Waals surface area contributed by atoms with E-state index in [0.29, 0.717) is 23.6 Å². The van der Waals surface area contributed by atoms with E-state index < -0.39 is 7.04 Å². The third kappa shape index (κ3) is 1.17. The topological polar surface area (TPSA) is 9.23 Å². The number of hydrogen-bond donors (Lipinski definition) is 0. The van der Waals surface area contributed by atoms with Crippen molar-refractivity contribution in [1.82, 2.24) is 0 Å². The summed E-state index contributed by atoms with van der Waals surface area (Å²) in [7, 11) is -2.30. The van der Waals surface area contributed by atoms with Gasteiger partial charge in [0.25, 0.3) is 0 Å². The van der Waals surface area contributed by atoms with E-state index in [-0.39, 0.29) is 25.0 Å². The smallest absolute Gasteiger partial charge is 0.300 e. The van der Waals surface area contributed by atoms with Crippen LogP contribution in [0.4, 0.5) is 0 Å². The van der Waals surface area contributed by atoms with Crippen LogP contribution >= 0.6 is 0 Å². The van der Waals surface area contributed by atoms with Gasteiger partial charge < -0.3 is 4.65 Å². The minimum absolute atomic E-state index is 0.0305. The fraction of sp³-hybridized carbons (Fsp3) is 0.857. The Morgan fingerprint density at radius 1 is 1.31 bits per heavy atom. The van der Waals surface area contributed by atoms with Gasteiger partial charge in [-0.25, -0.2) is 0 Å². The van der Waals surface area contributed by atoms with Crippen LogP contribution in [0.5, 0.6) is 0 Å². The SMILES string of the molecule is [2H][C@H]1[C@@H]2C=C[C@@H]3[C@@H](B(OC([2H])([2H])[2H])[C@@H]2C2CCCC2)[C@H]13. The van der Waals surface area contributed by atoms with E-state index >= 15 is 0 Å². The van der Waals surface area contributed by atoms with E-state index in [1.165, 1.54) is 25.7 Å². The lowest BCUT2D eigenvalue weighted by Crippen LogP contribution is -2.36. The molecule has 0 N–H and O–H groups in total. The van der Waals surface area contributed by atoms with Gasteiger partial charge in [-0.3, -0.25) is 0 Å². The zero-order valence-electron chi connectivity index (χ0n) is 13.5. The maximum Gasteiger partial charge on any atom is 0.300 e. The first-order valence-corrected chi connectivity index (χ1v) is 6.76. The second kappa shape index (κ2) is 3.38. The highest BCUT2D eigenvalue weighted by Gasteiger charge is 2.64. The van der Waals surface area contributed by atoms with Crippen LogP contribution in [-0.4, -0.2) is 14.0 Å². The second-order valence-corrected chi connectivity index (χ2v) is 6.09. The number of hydrogen-bond acceptors (Lipinski definition) is 1. The Bertz CT molecular complexity index is 431. The van der Waals surface area contributed by atoms with Crippen LogP contribution in [-0.2, 0) is 4.65 Å². The molecule has 4 aliphatic rings. The van der Waals surface area contributed by atoms with Gasteiger partial charge in [0.2, 0.25) is 0 Å². The van der Waals surface area contributed by atoms with Crippen molar-refractivity contribution in [2.75, 3.05) is 7.04 Å². The molecule has 0 aromatic carbocycles. The van der Waals surface area contributed by atoms with E-state index in [0.717, 1.165) is 0 Å². The summed E-state index contributed by atoms with van der Waals surface area (Å²) < 4.78 is 36.5. The second-order valence-electron chi connectivity index (χ2n) is 6.09. The van der Waals surface area contributed by atoms with E-state index in [1.807, 2.05) is 0 Å². The van der Waals surface area contributed by atoms with Crippen molar-refractivity contribution in [3.8, 4) is 0 Å². The molecule has 0 radical (unpaired) electrons. The summed E-state index contributed by atoms with van der Waals surface area (Å²) in [6.07, 6.45) is 9.30. The first kappa shape index (κ1) is 6.63. The lowest BCUT2D eigenvalue weighted by Gasteiger charge is -2.37. The van der Waals surface area contributed by atoms with E-state index in [1.54, 1.807) is 0 Å². The summed E-state index contributed by atoms with van der Waals surface area (Å²) in [5.41, 5.74) is 0. The predicted molar refractivity (Wildman–Crippen MR) is 66.4 cm³/mol. The van der Waals surface area contributed by atoms with Crippen LogP contribution < -0.4 is 0 Å². The molecular formula is C14H21BO. The first-order valence-electron chi connectivity index (χ1n) is 8.83. The molecule has 0 aromatic heterocycles. The number of fused-ring (bicyclic) bond motifs is 2. The van der Waals surface area contributed by atoms with Crippen LogP contribution in [0.3, 0.4) is 0 Å². The molecule has 86 valence electrons. The average molecular weight is 220 g/mol. The Labute approximate surface area is 104 Å². The van der Waals surface area contributed by atoms with Gasteiger partial charge >= 0.3 is 6.92 Å². The largest absolute Gasteiger partial charge is 0.438 e. The first-order chi connectivity index (χ1) is 9.47. The average Bonchev–Trinajstić information content (AvgIpc) is 2.90. The molecular weight excluding hydrogens is 195 g/mol. The van der Waals surface area contributed by atoms with Crippen LogP contribution in [0.15, 0.2) is 12.2 Å². The lowest BCUT2D eigenvalue weighted by molar-refractivity contribution is 0.306. The normalized spacial score (nSPS) is 58.9. The molecule has 1 heterocycles. The summed E-state index contributed by atoms with van der Waals surface area (Å²) in [6.45, 7) is -0.151. The van der Waals surface area contributed by atoms with E-state index in [9.17, 15) is 0 Å². The van der Waals surface area contributed by atoms with Crippen LogP contribution in [0.2, 0.25) is 11.6 Å². The Morgan fingerprint density at radius 3 is 3.00 bits per heavy atom. The maximum atomic E-state index is 8.48. The molecule has 2 saturated carbocycles. The van der Waals surface area contributed by atoms with Crippen molar-refractivity contribution >= 4 is 6.92 Å². The van der Waals surface area contributed by atoms with Gasteiger partial charge in [-0.2, -0.15) is 0 Å². The monoisotopic (exact) mass is 220 g/mol. The van der Waals surface area contributed by atoms with E-state index in [2.05, 4.69) is 12.2 Å². The van der Waals surface area contributed by atoms with Gasteiger partial charge in [0.1, 0.15) is 0 Å². The summed E-state index contributed by atoms with van der Waals surface area (Å²) in [4.78, 5) is 0. The fourth-order valence-electron chi connectivity index (χ4n) is 4.73. The lowest BCUT2D eigenvalue weighted by atomic mass is 9.41. The summed E-state index contributed by atoms with van der Waals surface area (Å²) >= 11 is 0. The zero-order valence-corrected chi connectivity index (χ0v) is 9.51. The predicted octanol–water partition coefficient (Wildman–Crippen LogP) is 3.39. The van der Waals surface area contributed by atoms with Crippen molar-refractivity contribution < 1.29 is 10.1 Å². The minimum Gasteiger partial charge on any atom is -0.438 e. The molecule has 3 aliphatic carbocycles. The van der Waals surface area contributed by atoms with Crippen molar-refractivity contribution in [2.24, 2.45) is 23.7 Å². The van der Waals surface area contributed by atoms with Gasteiger partial charge in [0.05, 0.1) is 4.11 Å². The Morgan fingerprint density at radius 2 is 2.19 bits per heavy atom. The third-order valence-corrected chi connectivity index (χ3v) is 5.48. The molecule has 0 spiro atoms. The third-order valence-electron chi connectivity index (χ3n) is 5.48. The molecule has 2 heteroatoms. The van der Waals surface area contributed by atoms with Crippen LogP contribution in [0, 0.1) is 23.7 Å². The van der Waals surface area contributed by atoms with Gasteiger partial charge in [-0.15, -0.1) is 0 Å². The minimum atomic E-state index is -2.30. The number of rotatable bonds is 2. The molecule has 0 aromatic rings. The number of allylic oxidation sites excluding steroid dienone is 2. The van der Waals surface area contributed by atoms with E-state index in [4.69, 9.17) is 10.1 Å². The standard InChI is InChI=1S/C14H21BO/c1-16-15-13(9-4-2-3-5-9)10-6-7-11-12(8-10)14(11)15/h6-7,9-14H,2-5,8H2,1H3/t10-,11-,12+,13+,14+/m0/s1/i1D3,8D/t8-,10-,11-,12+,13+,14+. The Balaban J connectivity index is 1.65. The molecule has 1 saturated heterocycles. The quantitative estimate of drug-likeness (QED) is 0.512. The van der Waals surface area contributed by atoms with Gasteiger partial charge in [0, 0.05) is 8.41 Å². The van der Waals surface area contributed by atoms with Crippen molar-refractivity contribution in [2.45, 2.75) is 43.7 Å². The van der Waals surface area contributed by atoms with Crippen LogP contribution in [0.25, 0.3) is 0 Å². The molecule has 6 atom stereocenters. The molecule has 0 amide bonds. The van der Waals surface area contributed by atoms with Crippen molar-refractivity contribution in [3.05, 3.63) is 12.2 Å². The fourth-order valence-corrected chi connectivity index (χ4v) is 4.73. The van der Waals surface area contributed by atoms with Crippen molar-refractivity contribution in [3.63, 3.8) is 0 Å². The summed E-state index contributed by atoms with van der Waals surface area (Å²) in [5.74, 6) is 2.09. The Kier molecular flexibility index (Phi) is 1.40. The molecule has 0 unspecified atom stereocenters. The Hall–Kier alpha value is -0.235. The van der Waals surface area contributed by atoms with Gasteiger partial charge in [-0.05, 0) is 41.7 Å². The molecule has 1 aliphatic heterocycles. The highest BCUT2D eigenvalue weighted by Crippen LogP contribution is 2.69. The zero-order chi connectivity index (χ0) is 14.1. The molecule has 1 nitrogen and oxygen atoms in total. The van der Waals surface area contributed by atoms with Crippen molar-refractivity contribution in [1.29, 1.82) is 0 Å². The molecule has 4 rings (SSSR count). The van der Waals surface area contributed by atoms with Crippen LogP contribution in [0.1, 0.15) is 37.6 Å². The summed E-state index contributed by atoms with van der Waals surface area (Å²) in [6, 6.07) is 0. The van der Waals surface area contributed by atoms with Gasteiger partial charge in [0.15, 0.2) is 0 Å².